The van der Waals surface area contributed by atoms with Crippen LogP contribution < -0.4 is 0 Å². The predicted molar refractivity (Wildman–Crippen MR) is 53.9 cm³/mol. The summed E-state index contributed by atoms with van der Waals surface area (Å²) in [5.41, 5.74) is 8.42. The summed E-state index contributed by atoms with van der Waals surface area (Å²) in [4.78, 5) is 13.0. The second-order valence-corrected chi connectivity index (χ2v) is 2.98. The Morgan fingerprint density at radius 1 is 1.38 bits per heavy atom. The maximum absolute atomic E-state index is 10.5. The molecule has 2 atom stereocenters. The molecule has 0 aliphatic carbocycles. The van der Waals surface area contributed by atoms with Crippen molar-refractivity contribution < 1.29 is 20.1 Å². The lowest BCUT2D eigenvalue weighted by Gasteiger charge is -2.15. The Balaban J connectivity index is 3.12. The van der Waals surface area contributed by atoms with Gasteiger partial charge in [0.05, 0.1) is 0 Å². The minimum atomic E-state index is -1.96. The number of carbonyl (C=O) groups is 1. The first-order valence-electron chi connectivity index (χ1n) is 4.31. The van der Waals surface area contributed by atoms with Gasteiger partial charge in [0.15, 0.2) is 6.10 Å². The van der Waals surface area contributed by atoms with E-state index >= 15 is 0 Å². The second-order valence-electron chi connectivity index (χ2n) is 2.98. The molecule has 0 radical (unpaired) electrons. The summed E-state index contributed by atoms with van der Waals surface area (Å²) in [6.07, 6.45) is -3.60. The number of benzene rings is 1. The largest absolute Gasteiger partial charge is 0.479 e. The normalized spacial score (nSPS) is 13.6. The van der Waals surface area contributed by atoms with E-state index in [0.717, 1.165) is 0 Å². The molecule has 3 N–H and O–H groups in total. The molecule has 0 aliphatic rings. The summed E-state index contributed by atoms with van der Waals surface area (Å²) < 4.78 is 0. The average molecular weight is 223 g/mol. The molecule has 0 aliphatic heterocycles. The van der Waals surface area contributed by atoms with Gasteiger partial charge in [-0.3, -0.25) is 0 Å². The third-order valence-electron chi connectivity index (χ3n) is 1.96. The van der Waals surface area contributed by atoms with E-state index in [9.17, 15) is 9.90 Å². The molecular formula is C9H9N3O4. The number of rotatable bonds is 4. The smallest absolute Gasteiger partial charge is 0.335 e. The molecule has 0 aromatic heterocycles. The Morgan fingerprint density at radius 2 is 2.00 bits per heavy atom. The van der Waals surface area contributed by atoms with Gasteiger partial charge in [0, 0.05) is 10.6 Å². The van der Waals surface area contributed by atoms with Crippen LogP contribution in [0.25, 0.3) is 10.4 Å². The summed E-state index contributed by atoms with van der Waals surface area (Å²) in [6, 6.07) is 5.88. The number of hydrogen-bond acceptors (Lipinski definition) is 4. The standard InChI is InChI=1S/C9H9N3O4/c10-12-11-6-4-2-1-3-5(6)7(13)8(14)9(15)16/h1-4,7-8,13-14H,(H,15,16). The zero-order chi connectivity index (χ0) is 12.1. The number of carboxylic acid groups (broad SMARTS) is 1. The molecule has 1 aromatic rings. The van der Waals surface area contributed by atoms with Gasteiger partial charge >= 0.3 is 5.97 Å². The molecule has 0 amide bonds. The maximum atomic E-state index is 10.5. The summed E-state index contributed by atoms with van der Waals surface area (Å²) in [7, 11) is 0. The van der Waals surface area contributed by atoms with Crippen LogP contribution in [0.2, 0.25) is 0 Å². The van der Waals surface area contributed by atoms with Crippen molar-refractivity contribution in [1.82, 2.24) is 0 Å². The van der Waals surface area contributed by atoms with Gasteiger partial charge in [-0.1, -0.05) is 29.4 Å². The SMILES string of the molecule is [N-]=[N+]=Nc1ccccc1C(O)C(O)C(=O)O. The minimum Gasteiger partial charge on any atom is -0.479 e. The highest BCUT2D eigenvalue weighted by Gasteiger charge is 2.26. The lowest BCUT2D eigenvalue weighted by atomic mass is 10.0. The molecule has 0 fully saturated rings. The van der Waals surface area contributed by atoms with Crippen LogP contribution in [0.3, 0.4) is 0 Å². The molecule has 0 heterocycles. The lowest BCUT2D eigenvalue weighted by molar-refractivity contribution is -0.153. The highest BCUT2D eigenvalue weighted by molar-refractivity contribution is 5.73. The first kappa shape index (κ1) is 12.0. The Hall–Kier alpha value is -2.08. The number of aliphatic hydroxyl groups is 2. The molecule has 2 unspecified atom stereocenters. The van der Waals surface area contributed by atoms with Crippen LogP contribution in [-0.4, -0.2) is 27.4 Å². The Kier molecular flexibility index (Phi) is 3.84. The van der Waals surface area contributed by atoms with Crippen molar-refractivity contribution in [3.63, 3.8) is 0 Å². The van der Waals surface area contributed by atoms with E-state index in [1.54, 1.807) is 6.07 Å². The summed E-state index contributed by atoms with van der Waals surface area (Å²) >= 11 is 0. The molecular weight excluding hydrogens is 214 g/mol. The summed E-state index contributed by atoms with van der Waals surface area (Å²) in [6.45, 7) is 0. The number of aliphatic hydroxyl groups excluding tert-OH is 2. The van der Waals surface area contributed by atoms with Crippen LogP contribution in [0.15, 0.2) is 29.4 Å². The Morgan fingerprint density at radius 3 is 2.56 bits per heavy atom. The van der Waals surface area contributed by atoms with Gasteiger partial charge in [-0.15, -0.1) is 0 Å². The lowest BCUT2D eigenvalue weighted by Crippen LogP contribution is -2.27. The van der Waals surface area contributed by atoms with Crippen molar-refractivity contribution in [2.24, 2.45) is 5.11 Å². The summed E-state index contributed by atoms with van der Waals surface area (Å²) in [5.74, 6) is -1.55. The topological polar surface area (TPSA) is 127 Å². The number of azide groups is 1. The van der Waals surface area contributed by atoms with E-state index < -0.39 is 18.2 Å². The molecule has 7 nitrogen and oxygen atoms in total. The monoisotopic (exact) mass is 223 g/mol. The first-order chi connectivity index (χ1) is 7.57. The van der Waals surface area contributed by atoms with Crippen molar-refractivity contribution in [3.8, 4) is 0 Å². The van der Waals surface area contributed by atoms with Crippen LogP contribution >= 0.6 is 0 Å². The fraction of sp³-hybridized carbons (Fsp3) is 0.222. The van der Waals surface area contributed by atoms with Gasteiger partial charge in [-0.25, -0.2) is 4.79 Å². The second kappa shape index (κ2) is 5.13. The van der Waals surface area contributed by atoms with Crippen LogP contribution in [-0.2, 0) is 4.79 Å². The van der Waals surface area contributed by atoms with E-state index in [1.807, 2.05) is 0 Å². The van der Waals surface area contributed by atoms with Crippen molar-refractivity contribution in [1.29, 1.82) is 0 Å². The van der Waals surface area contributed by atoms with Crippen molar-refractivity contribution in [2.75, 3.05) is 0 Å². The molecule has 0 saturated carbocycles. The minimum absolute atomic E-state index is 0.0650. The maximum Gasteiger partial charge on any atom is 0.335 e. The van der Waals surface area contributed by atoms with Gasteiger partial charge in [-0.05, 0) is 11.1 Å². The average Bonchev–Trinajstić information content (AvgIpc) is 2.28. The molecule has 0 spiro atoms. The Bertz CT molecular complexity index is 442. The fourth-order valence-electron chi connectivity index (χ4n) is 1.18. The highest BCUT2D eigenvalue weighted by atomic mass is 16.4. The van der Waals surface area contributed by atoms with E-state index in [4.69, 9.17) is 15.7 Å². The molecule has 0 saturated heterocycles. The van der Waals surface area contributed by atoms with Crippen LogP contribution in [0.4, 0.5) is 5.69 Å². The number of carboxylic acids is 1. The first-order valence-corrected chi connectivity index (χ1v) is 4.31. The molecule has 1 aromatic carbocycles. The molecule has 84 valence electrons. The molecule has 0 bridgehead atoms. The van der Waals surface area contributed by atoms with Crippen molar-refractivity contribution in [3.05, 3.63) is 40.3 Å². The third kappa shape index (κ3) is 2.48. The fourth-order valence-corrected chi connectivity index (χ4v) is 1.18. The van der Waals surface area contributed by atoms with Gasteiger partial charge in [0.25, 0.3) is 0 Å². The van der Waals surface area contributed by atoms with Crippen LogP contribution in [0.1, 0.15) is 11.7 Å². The number of nitrogens with zero attached hydrogens (tertiary/aromatic N) is 3. The molecule has 1 rings (SSSR count). The van der Waals surface area contributed by atoms with Gasteiger partial charge in [-0.2, -0.15) is 0 Å². The molecule has 7 heteroatoms. The zero-order valence-electron chi connectivity index (χ0n) is 8.06. The molecule has 16 heavy (non-hydrogen) atoms. The summed E-state index contributed by atoms with van der Waals surface area (Å²) in [5, 5.41) is 30.5. The highest BCUT2D eigenvalue weighted by Crippen LogP contribution is 2.27. The van der Waals surface area contributed by atoms with E-state index in [-0.39, 0.29) is 11.3 Å². The predicted octanol–water partition coefficient (Wildman–Crippen LogP) is 1.11. The van der Waals surface area contributed by atoms with Gasteiger partial charge in [0.1, 0.15) is 6.10 Å². The van der Waals surface area contributed by atoms with Crippen molar-refractivity contribution in [2.45, 2.75) is 12.2 Å². The Labute approximate surface area is 90.2 Å². The van der Waals surface area contributed by atoms with Gasteiger partial charge < -0.3 is 15.3 Å². The van der Waals surface area contributed by atoms with E-state index in [0.29, 0.717) is 0 Å². The number of aliphatic carboxylic acids is 1. The zero-order valence-corrected chi connectivity index (χ0v) is 8.06. The van der Waals surface area contributed by atoms with Gasteiger partial charge in [0.2, 0.25) is 0 Å². The van der Waals surface area contributed by atoms with E-state index in [2.05, 4.69) is 10.0 Å². The quantitative estimate of drug-likeness (QED) is 0.401. The van der Waals surface area contributed by atoms with Crippen LogP contribution in [0, 0.1) is 0 Å². The third-order valence-corrected chi connectivity index (χ3v) is 1.96. The number of hydrogen-bond donors (Lipinski definition) is 3. The van der Waals surface area contributed by atoms with Crippen LogP contribution in [0.5, 0.6) is 0 Å². The van der Waals surface area contributed by atoms with E-state index in [1.165, 1.54) is 18.2 Å². The van der Waals surface area contributed by atoms with Crippen molar-refractivity contribution >= 4 is 11.7 Å².